The number of carbonyl (C=O) groups is 1. The van der Waals surface area contributed by atoms with Crippen LogP contribution in [0.4, 0.5) is 31.1 Å². The Morgan fingerprint density at radius 2 is 1.42 bits per heavy atom. The van der Waals surface area contributed by atoms with E-state index in [1.165, 1.54) is 0 Å². The highest BCUT2D eigenvalue weighted by Gasteiger charge is 2.30. The van der Waals surface area contributed by atoms with Crippen LogP contribution in [0.5, 0.6) is 0 Å². The van der Waals surface area contributed by atoms with Crippen molar-refractivity contribution in [2.24, 2.45) is 0 Å². The number of carbonyl (C=O) groups excluding carboxylic acids is 1. The highest BCUT2D eigenvalue weighted by Crippen LogP contribution is 2.15. The fraction of sp³-hybridized carbons (Fsp3) is 0.875. The predicted molar refractivity (Wildman–Crippen MR) is 46.2 cm³/mol. The number of alkyl halides is 6. The maximum absolute atomic E-state index is 11.6. The third-order valence-electron chi connectivity index (χ3n) is 1.29. The number of ether oxygens (including phenoxy) is 4. The van der Waals surface area contributed by atoms with Gasteiger partial charge in [-0.2, -0.15) is 13.2 Å². The van der Waals surface area contributed by atoms with Crippen LogP contribution in [0.1, 0.15) is 0 Å². The summed E-state index contributed by atoms with van der Waals surface area (Å²) >= 11 is 0. The number of hydrogen-bond donors (Lipinski definition) is 0. The summed E-state index contributed by atoms with van der Waals surface area (Å²) in [5, 5.41) is 0. The minimum Gasteiger partial charge on any atom is -0.432 e. The Morgan fingerprint density at radius 3 is 1.95 bits per heavy atom. The summed E-state index contributed by atoms with van der Waals surface area (Å²) in [5.74, 6) is 0. The van der Waals surface area contributed by atoms with Crippen LogP contribution in [0.15, 0.2) is 0 Å². The van der Waals surface area contributed by atoms with Crippen LogP contribution in [-0.2, 0) is 18.9 Å². The Hall–Kier alpha value is -1.23. The van der Waals surface area contributed by atoms with E-state index in [-0.39, 0.29) is 6.61 Å². The third kappa shape index (κ3) is 14.7. The van der Waals surface area contributed by atoms with Gasteiger partial charge in [-0.1, -0.05) is 0 Å². The van der Waals surface area contributed by atoms with Crippen molar-refractivity contribution in [3.05, 3.63) is 0 Å². The van der Waals surface area contributed by atoms with Crippen molar-refractivity contribution < 1.29 is 50.1 Å². The Balaban J connectivity index is 3.37. The van der Waals surface area contributed by atoms with Crippen molar-refractivity contribution in [1.29, 1.82) is 0 Å². The van der Waals surface area contributed by atoms with E-state index in [4.69, 9.17) is 0 Å². The number of hydrogen-bond acceptors (Lipinski definition) is 5. The smallest absolute Gasteiger partial charge is 0.432 e. The quantitative estimate of drug-likeness (QED) is 0.410. The fourth-order valence-corrected chi connectivity index (χ4v) is 0.685. The van der Waals surface area contributed by atoms with E-state index in [9.17, 15) is 31.1 Å². The van der Waals surface area contributed by atoms with Crippen molar-refractivity contribution in [3.63, 3.8) is 0 Å². The zero-order valence-corrected chi connectivity index (χ0v) is 9.34. The summed E-state index contributed by atoms with van der Waals surface area (Å²) in [6.45, 7) is -3.71. The van der Waals surface area contributed by atoms with Crippen LogP contribution >= 0.6 is 0 Å². The second-order valence-corrected chi connectivity index (χ2v) is 2.91. The molecule has 0 rings (SSSR count). The monoisotopic (exact) mass is 300 g/mol. The van der Waals surface area contributed by atoms with Gasteiger partial charge in [0, 0.05) is 0 Å². The van der Waals surface area contributed by atoms with Gasteiger partial charge in [-0.05, 0) is 0 Å². The molecule has 0 saturated carbocycles. The minimum absolute atomic E-state index is 0.303. The van der Waals surface area contributed by atoms with Gasteiger partial charge in [-0.15, -0.1) is 13.2 Å². The molecule has 0 aromatic carbocycles. The first-order chi connectivity index (χ1) is 8.60. The van der Waals surface area contributed by atoms with E-state index in [0.717, 1.165) is 0 Å². The molecule has 0 aromatic heterocycles. The largest absolute Gasteiger partial charge is 0.522 e. The van der Waals surface area contributed by atoms with Gasteiger partial charge < -0.3 is 14.2 Å². The first kappa shape index (κ1) is 17.8. The highest BCUT2D eigenvalue weighted by molar-refractivity contribution is 5.59. The molecule has 5 nitrogen and oxygen atoms in total. The maximum Gasteiger partial charge on any atom is 0.522 e. The molecule has 0 N–H and O–H groups in total. The molecular formula is C8H10F6O5. The first-order valence-corrected chi connectivity index (χ1v) is 4.75. The van der Waals surface area contributed by atoms with Crippen molar-refractivity contribution in [1.82, 2.24) is 0 Å². The Kier molecular flexibility index (Phi) is 7.52. The summed E-state index contributed by atoms with van der Waals surface area (Å²) in [6.07, 6.45) is -11.0. The van der Waals surface area contributed by atoms with Gasteiger partial charge in [0.2, 0.25) is 0 Å². The van der Waals surface area contributed by atoms with Gasteiger partial charge in [-0.3, -0.25) is 4.74 Å². The van der Waals surface area contributed by atoms with Crippen LogP contribution in [0.25, 0.3) is 0 Å². The molecule has 19 heavy (non-hydrogen) atoms. The molecule has 0 aliphatic rings. The Labute approximate surface area is 103 Å². The molecule has 0 unspecified atom stereocenters. The molecular weight excluding hydrogens is 290 g/mol. The standard InChI is InChI=1S/C8H10F6O5/c9-7(10,11)5-18-6(15)17-3-1-16-2-4-19-8(12,13)14/h1-5H2. The summed E-state index contributed by atoms with van der Waals surface area (Å²) in [7, 11) is 0. The summed E-state index contributed by atoms with van der Waals surface area (Å²) in [4.78, 5) is 10.5. The molecule has 0 fully saturated rings. The highest BCUT2D eigenvalue weighted by atomic mass is 19.4. The van der Waals surface area contributed by atoms with Crippen LogP contribution in [0, 0.1) is 0 Å². The van der Waals surface area contributed by atoms with Crippen molar-refractivity contribution in [2.45, 2.75) is 12.5 Å². The van der Waals surface area contributed by atoms with Crippen molar-refractivity contribution >= 4 is 6.16 Å². The Morgan fingerprint density at radius 1 is 0.842 bits per heavy atom. The molecule has 0 spiro atoms. The summed E-state index contributed by atoms with van der Waals surface area (Å²) in [5.41, 5.74) is 0. The van der Waals surface area contributed by atoms with Gasteiger partial charge in [0.15, 0.2) is 6.61 Å². The lowest BCUT2D eigenvalue weighted by Crippen LogP contribution is -2.22. The average Bonchev–Trinajstić information content (AvgIpc) is 2.22. The molecule has 0 heterocycles. The lowest BCUT2D eigenvalue weighted by atomic mass is 10.7. The zero-order valence-electron chi connectivity index (χ0n) is 9.34. The van der Waals surface area contributed by atoms with E-state index >= 15 is 0 Å². The minimum atomic E-state index is -4.76. The van der Waals surface area contributed by atoms with E-state index in [0.29, 0.717) is 0 Å². The molecule has 0 aliphatic heterocycles. The molecule has 0 radical (unpaired) electrons. The van der Waals surface area contributed by atoms with Crippen molar-refractivity contribution in [3.8, 4) is 0 Å². The zero-order chi connectivity index (χ0) is 14.9. The predicted octanol–water partition coefficient (Wildman–Crippen LogP) is 2.25. The van der Waals surface area contributed by atoms with Gasteiger partial charge >= 0.3 is 18.7 Å². The molecule has 0 bridgehead atoms. The van der Waals surface area contributed by atoms with Crippen LogP contribution in [-0.4, -0.2) is 51.7 Å². The lowest BCUT2D eigenvalue weighted by molar-refractivity contribution is -0.327. The van der Waals surface area contributed by atoms with Gasteiger partial charge in [-0.25, -0.2) is 4.79 Å². The van der Waals surface area contributed by atoms with E-state index in [1.54, 1.807) is 0 Å². The summed E-state index contributed by atoms with van der Waals surface area (Å²) < 4.78 is 84.8. The molecule has 0 aliphatic carbocycles. The molecule has 0 atom stereocenters. The average molecular weight is 300 g/mol. The SMILES string of the molecule is O=C(OCCOCCOC(F)(F)F)OCC(F)(F)F. The summed E-state index contributed by atoms with van der Waals surface area (Å²) in [6, 6.07) is 0. The van der Waals surface area contributed by atoms with E-state index in [2.05, 4.69) is 18.9 Å². The molecule has 11 heteroatoms. The molecule has 0 saturated heterocycles. The first-order valence-electron chi connectivity index (χ1n) is 4.75. The van der Waals surface area contributed by atoms with E-state index in [1.807, 2.05) is 0 Å². The number of halogens is 6. The van der Waals surface area contributed by atoms with Crippen LogP contribution in [0.3, 0.4) is 0 Å². The maximum atomic E-state index is 11.6. The molecule has 0 amide bonds. The Bertz CT molecular complexity index is 263. The second-order valence-electron chi connectivity index (χ2n) is 2.91. The fourth-order valence-electron chi connectivity index (χ4n) is 0.685. The number of rotatable bonds is 7. The van der Waals surface area contributed by atoms with Crippen molar-refractivity contribution in [2.75, 3.05) is 33.0 Å². The van der Waals surface area contributed by atoms with Crippen LogP contribution in [0.2, 0.25) is 0 Å². The topological polar surface area (TPSA) is 54.0 Å². The molecule has 0 aromatic rings. The van der Waals surface area contributed by atoms with Gasteiger partial charge in [0.25, 0.3) is 0 Å². The van der Waals surface area contributed by atoms with E-state index < -0.39 is 45.1 Å². The third-order valence-corrected chi connectivity index (χ3v) is 1.29. The van der Waals surface area contributed by atoms with Crippen LogP contribution < -0.4 is 0 Å². The van der Waals surface area contributed by atoms with Gasteiger partial charge in [0.1, 0.15) is 6.61 Å². The second kappa shape index (κ2) is 8.04. The lowest BCUT2D eigenvalue weighted by Gasteiger charge is -2.09. The molecule has 114 valence electrons. The normalized spacial score (nSPS) is 12.3. The van der Waals surface area contributed by atoms with Gasteiger partial charge in [0.05, 0.1) is 19.8 Å².